The maximum Gasteiger partial charge on any atom is 0.255 e. The van der Waals surface area contributed by atoms with Gasteiger partial charge in [-0.15, -0.1) is 0 Å². The van der Waals surface area contributed by atoms with Crippen LogP contribution in [-0.4, -0.2) is 66.1 Å². The summed E-state index contributed by atoms with van der Waals surface area (Å²) in [7, 11) is 2.00. The van der Waals surface area contributed by atoms with Crippen molar-refractivity contribution < 1.29 is 4.79 Å². The predicted octanol–water partition coefficient (Wildman–Crippen LogP) is 3.28. The van der Waals surface area contributed by atoms with E-state index >= 15 is 0 Å². The van der Waals surface area contributed by atoms with E-state index in [-0.39, 0.29) is 5.91 Å². The number of anilines is 1. The molecule has 1 amide bonds. The van der Waals surface area contributed by atoms with Crippen molar-refractivity contribution in [3.05, 3.63) is 52.8 Å². The highest BCUT2D eigenvalue weighted by molar-refractivity contribution is 6.30. The van der Waals surface area contributed by atoms with Crippen molar-refractivity contribution >= 4 is 23.2 Å². The summed E-state index contributed by atoms with van der Waals surface area (Å²) in [6.07, 6.45) is 7.17. The molecule has 2 aliphatic rings. The van der Waals surface area contributed by atoms with Crippen molar-refractivity contribution in [1.29, 1.82) is 0 Å². The number of nitrogens with zero attached hydrogens (tertiary/aromatic N) is 4. The predicted molar refractivity (Wildman–Crippen MR) is 114 cm³/mol. The summed E-state index contributed by atoms with van der Waals surface area (Å²) in [5.74, 6) is 0.209. The lowest BCUT2D eigenvalue weighted by Gasteiger charge is -2.36. The number of rotatable bonds is 5. The standard InChI is InChI=1S/C22H29ClN4O/c1-24-16-18-4-2-10-27(22(28)21(18)17-24)11-3-9-25-12-14-26(15-13-25)20-7-5-19(23)6-8-20/h5-8,16-17H,2-4,9-15H2,1H3. The zero-order valence-corrected chi connectivity index (χ0v) is 17.4. The van der Waals surface area contributed by atoms with E-state index in [1.54, 1.807) is 0 Å². The Hall–Kier alpha value is -1.98. The van der Waals surface area contributed by atoms with E-state index < -0.39 is 0 Å². The summed E-state index contributed by atoms with van der Waals surface area (Å²) in [4.78, 5) is 19.8. The van der Waals surface area contributed by atoms with Gasteiger partial charge in [-0.1, -0.05) is 11.6 Å². The molecule has 0 unspecified atom stereocenters. The molecule has 0 radical (unpaired) electrons. The highest BCUT2D eigenvalue weighted by atomic mass is 35.5. The fourth-order valence-electron chi connectivity index (χ4n) is 4.34. The first-order valence-electron chi connectivity index (χ1n) is 10.3. The summed E-state index contributed by atoms with van der Waals surface area (Å²) in [6.45, 7) is 7.00. The number of piperazine rings is 1. The van der Waals surface area contributed by atoms with Crippen LogP contribution in [0.2, 0.25) is 5.02 Å². The van der Waals surface area contributed by atoms with E-state index in [1.807, 2.05) is 29.9 Å². The molecule has 0 spiro atoms. The Morgan fingerprint density at radius 1 is 0.964 bits per heavy atom. The van der Waals surface area contributed by atoms with E-state index in [0.717, 1.165) is 75.7 Å². The van der Waals surface area contributed by atoms with Crippen molar-refractivity contribution in [2.24, 2.45) is 7.05 Å². The van der Waals surface area contributed by atoms with E-state index in [2.05, 4.69) is 33.0 Å². The van der Waals surface area contributed by atoms with Gasteiger partial charge in [-0.05, 0) is 55.6 Å². The smallest absolute Gasteiger partial charge is 0.255 e. The average Bonchev–Trinajstić information content (AvgIpc) is 3.01. The lowest BCUT2D eigenvalue weighted by Crippen LogP contribution is -2.47. The Bertz CT molecular complexity index is 808. The number of benzene rings is 1. The molecule has 0 saturated carbocycles. The van der Waals surface area contributed by atoms with Gasteiger partial charge in [0.15, 0.2) is 0 Å². The Morgan fingerprint density at radius 3 is 2.46 bits per heavy atom. The summed E-state index contributed by atoms with van der Waals surface area (Å²) < 4.78 is 2.01. The number of aryl methyl sites for hydroxylation is 2. The molecule has 1 aromatic heterocycles. The lowest BCUT2D eigenvalue weighted by molar-refractivity contribution is 0.0752. The molecule has 6 heteroatoms. The van der Waals surface area contributed by atoms with Gasteiger partial charge in [-0.2, -0.15) is 0 Å². The number of amides is 1. The number of fused-ring (bicyclic) bond motifs is 1. The summed E-state index contributed by atoms with van der Waals surface area (Å²) >= 11 is 5.99. The molecule has 5 nitrogen and oxygen atoms in total. The largest absolute Gasteiger partial charge is 0.369 e. The Balaban J connectivity index is 1.24. The first-order chi connectivity index (χ1) is 13.6. The molecule has 0 N–H and O–H groups in total. The second kappa shape index (κ2) is 8.58. The summed E-state index contributed by atoms with van der Waals surface area (Å²) in [6, 6.07) is 8.11. The Labute approximate surface area is 172 Å². The zero-order chi connectivity index (χ0) is 19.5. The second-order valence-electron chi connectivity index (χ2n) is 7.92. The molecule has 150 valence electrons. The molecule has 2 aromatic rings. The van der Waals surface area contributed by atoms with E-state index in [4.69, 9.17) is 11.6 Å². The third-order valence-corrected chi connectivity index (χ3v) is 6.15. The molecule has 3 heterocycles. The SMILES string of the molecule is Cn1cc2c(c1)C(=O)N(CCCN1CCN(c3ccc(Cl)cc3)CC1)CCC2. The van der Waals surface area contributed by atoms with Gasteiger partial charge in [-0.25, -0.2) is 0 Å². The average molecular weight is 401 g/mol. The quantitative estimate of drug-likeness (QED) is 0.771. The van der Waals surface area contributed by atoms with Crippen LogP contribution in [-0.2, 0) is 13.5 Å². The van der Waals surface area contributed by atoms with Crippen LogP contribution in [0.25, 0.3) is 0 Å². The van der Waals surface area contributed by atoms with Gasteiger partial charge in [0.2, 0.25) is 0 Å². The molecule has 1 aromatic carbocycles. The number of hydrogen-bond donors (Lipinski definition) is 0. The minimum atomic E-state index is 0.209. The van der Waals surface area contributed by atoms with Crippen LogP contribution in [0.3, 0.4) is 0 Å². The van der Waals surface area contributed by atoms with Crippen LogP contribution in [0.4, 0.5) is 5.69 Å². The minimum absolute atomic E-state index is 0.209. The van der Waals surface area contributed by atoms with Gasteiger partial charge < -0.3 is 14.4 Å². The van der Waals surface area contributed by atoms with Crippen LogP contribution in [0.1, 0.15) is 28.8 Å². The molecule has 1 saturated heterocycles. The van der Waals surface area contributed by atoms with E-state index in [9.17, 15) is 4.79 Å². The van der Waals surface area contributed by atoms with Gasteiger partial charge in [0.05, 0.1) is 5.56 Å². The van der Waals surface area contributed by atoms with E-state index in [1.165, 1.54) is 11.3 Å². The molecule has 4 rings (SSSR count). The minimum Gasteiger partial charge on any atom is -0.369 e. The normalized spacial score (nSPS) is 18.3. The lowest BCUT2D eigenvalue weighted by atomic mass is 10.1. The topological polar surface area (TPSA) is 31.7 Å². The third kappa shape index (κ3) is 4.36. The van der Waals surface area contributed by atoms with Crippen molar-refractivity contribution in [3.8, 4) is 0 Å². The molecular weight excluding hydrogens is 372 g/mol. The monoisotopic (exact) mass is 400 g/mol. The number of halogens is 1. The fourth-order valence-corrected chi connectivity index (χ4v) is 4.47. The van der Waals surface area contributed by atoms with Crippen molar-refractivity contribution in [2.75, 3.05) is 50.7 Å². The fraction of sp³-hybridized carbons (Fsp3) is 0.500. The molecule has 0 aliphatic carbocycles. The molecule has 28 heavy (non-hydrogen) atoms. The van der Waals surface area contributed by atoms with Crippen LogP contribution >= 0.6 is 11.6 Å². The summed E-state index contributed by atoms with van der Waals surface area (Å²) in [5, 5.41) is 0.785. The Morgan fingerprint density at radius 2 is 1.71 bits per heavy atom. The first-order valence-corrected chi connectivity index (χ1v) is 10.6. The van der Waals surface area contributed by atoms with Crippen LogP contribution in [0, 0.1) is 0 Å². The summed E-state index contributed by atoms with van der Waals surface area (Å²) in [5.41, 5.74) is 3.35. The molecule has 0 bridgehead atoms. The van der Waals surface area contributed by atoms with Crippen LogP contribution in [0.5, 0.6) is 0 Å². The molecular formula is C22H29ClN4O. The Kier molecular flexibility index (Phi) is 5.93. The number of carbonyl (C=O) groups excluding carboxylic acids is 1. The zero-order valence-electron chi connectivity index (χ0n) is 16.6. The number of carbonyl (C=O) groups is 1. The first kappa shape index (κ1) is 19.3. The van der Waals surface area contributed by atoms with Gasteiger partial charge in [0.25, 0.3) is 5.91 Å². The van der Waals surface area contributed by atoms with Gasteiger partial charge >= 0.3 is 0 Å². The van der Waals surface area contributed by atoms with E-state index in [0.29, 0.717) is 0 Å². The molecule has 1 fully saturated rings. The number of aromatic nitrogens is 1. The third-order valence-electron chi connectivity index (χ3n) is 5.90. The second-order valence-corrected chi connectivity index (χ2v) is 8.35. The maximum absolute atomic E-state index is 12.8. The van der Waals surface area contributed by atoms with Crippen molar-refractivity contribution in [2.45, 2.75) is 19.3 Å². The maximum atomic E-state index is 12.8. The van der Waals surface area contributed by atoms with Gasteiger partial charge in [0, 0.05) is 69.4 Å². The van der Waals surface area contributed by atoms with Crippen LogP contribution in [0.15, 0.2) is 36.7 Å². The van der Waals surface area contributed by atoms with Crippen molar-refractivity contribution in [3.63, 3.8) is 0 Å². The number of hydrogen-bond acceptors (Lipinski definition) is 3. The van der Waals surface area contributed by atoms with Crippen molar-refractivity contribution in [1.82, 2.24) is 14.4 Å². The van der Waals surface area contributed by atoms with Gasteiger partial charge in [0.1, 0.15) is 0 Å². The highest BCUT2D eigenvalue weighted by Crippen LogP contribution is 2.21. The highest BCUT2D eigenvalue weighted by Gasteiger charge is 2.24. The van der Waals surface area contributed by atoms with Crippen LogP contribution < -0.4 is 4.90 Å². The molecule has 2 aliphatic heterocycles. The van der Waals surface area contributed by atoms with Gasteiger partial charge in [-0.3, -0.25) is 9.69 Å². The molecule has 0 atom stereocenters.